The number of thiophene rings is 1. The molecule has 1 aliphatic carbocycles. The van der Waals surface area contributed by atoms with Crippen LogP contribution in [0.25, 0.3) is 0 Å². The molecular weight excluding hydrogens is 242 g/mol. The van der Waals surface area contributed by atoms with Gasteiger partial charge in [-0.2, -0.15) is 0 Å². The fourth-order valence-electron chi connectivity index (χ4n) is 2.30. The van der Waals surface area contributed by atoms with Gasteiger partial charge in [0.25, 0.3) is 0 Å². The van der Waals surface area contributed by atoms with Gasteiger partial charge in [0.2, 0.25) is 0 Å². The molecule has 0 aromatic carbocycles. The summed E-state index contributed by atoms with van der Waals surface area (Å²) in [6, 6.07) is 8.60. The number of nitrogens with one attached hydrogen (secondary N) is 1. The van der Waals surface area contributed by atoms with Crippen LogP contribution in [-0.4, -0.2) is 0 Å². The van der Waals surface area contributed by atoms with E-state index in [4.69, 9.17) is 4.42 Å². The smallest absolute Gasteiger partial charge is 0.117 e. The van der Waals surface area contributed by atoms with Gasteiger partial charge in [-0.15, -0.1) is 11.3 Å². The Balaban J connectivity index is 1.49. The van der Waals surface area contributed by atoms with Crippen LogP contribution in [0.2, 0.25) is 0 Å². The fourth-order valence-corrected chi connectivity index (χ4v) is 3.16. The number of rotatable bonds is 5. The summed E-state index contributed by atoms with van der Waals surface area (Å²) in [4.78, 5) is 2.75. The Morgan fingerprint density at radius 3 is 2.78 bits per heavy atom. The van der Waals surface area contributed by atoms with Crippen LogP contribution in [0, 0.1) is 12.8 Å². The van der Waals surface area contributed by atoms with Crippen LogP contribution in [0.4, 0.5) is 0 Å². The van der Waals surface area contributed by atoms with Crippen LogP contribution in [0.3, 0.4) is 0 Å². The van der Waals surface area contributed by atoms with Crippen LogP contribution in [0.5, 0.6) is 0 Å². The SMILES string of the molecule is Cc1ccc(CNCc2ccc(C3CC3C)o2)s1. The van der Waals surface area contributed by atoms with E-state index in [9.17, 15) is 0 Å². The lowest BCUT2D eigenvalue weighted by molar-refractivity contribution is 0.444. The average Bonchev–Trinajstić information content (AvgIpc) is 2.79. The lowest BCUT2D eigenvalue weighted by Crippen LogP contribution is -2.10. The van der Waals surface area contributed by atoms with Gasteiger partial charge in [0.1, 0.15) is 11.5 Å². The van der Waals surface area contributed by atoms with Gasteiger partial charge in [0, 0.05) is 22.2 Å². The minimum atomic E-state index is 0.679. The maximum atomic E-state index is 5.86. The summed E-state index contributed by atoms with van der Waals surface area (Å²) >= 11 is 1.85. The highest BCUT2D eigenvalue weighted by Gasteiger charge is 2.36. The molecule has 2 heterocycles. The molecule has 2 aromatic rings. The standard InChI is InChI=1S/C15H19NOS/c1-10-7-14(10)15-6-4-12(17-15)8-16-9-13-5-3-11(2)18-13/h3-6,10,14,16H,7-9H2,1-2H3. The molecule has 96 valence electrons. The van der Waals surface area contributed by atoms with Crippen molar-refractivity contribution in [3.8, 4) is 0 Å². The Labute approximate surface area is 112 Å². The van der Waals surface area contributed by atoms with E-state index in [1.807, 2.05) is 11.3 Å². The Bertz CT molecular complexity index is 528. The minimum absolute atomic E-state index is 0.679. The monoisotopic (exact) mass is 261 g/mol. The van der Waals surface area contributed by atoms with Gasteiger partial charge in [0.15, 0.2) is 0 Å². The summed E-state index contributed by atoms with van der Waals surface area (Å²) in [5.74, 6) is 3.72. The van der Waals surface area contributed by atoms with E-state index in [0.717, 1.165) is 24.8 Å². The van der Waals surface area contributed by atoms with Crippen molar-refractivity contribution < 1.29 is 4.42 Å². The van der Waals surface area contributed by atoms with E-state index >= 15 is 0 Å². The average molecular weight is 261 g/mol. The molecule has 1 saturated carbocycles. The maximum absolute atomic E-state index is 5.86. The van der Waals surface area contributed by atoms with Crippen LogP contribution < -0.4 is 5.32 Å². The lowest BCUT2D eigenvalue weighted by Gasteiger charge is -2.00. The van der Waals surface area contributed by atoms with Crippen molar-refractivity contribution in [1.82, 2.24) is 5.32 Å². The van der Waals surface area contributed by atoms with Gasteiger partial charge in [-0.1, -0.05) is 6.92 Å². The highest BCUT2D eigenvalue weighted by atomic mass is 32.1. The Kier molecular flexibility index (Phi) is 3.27. The third-order valence-electron chi connectivity index (χ3n) is 3.55. The molecule has 0 amide bonds. The summed E-state index contributed by atoms with van der Waals surface area (Å²) < 4.78 is 5.86. The summed E-state index contributed by atoms with van der Waals surface area (Å²) in [5, 5.41) is 3.43. The zero-order valence-electron chi connectivity index (χ0n) is 10.9. The Morgan fingerprint density at radius 2 is 2.11 bits per heavy atom. The molecule has 18 heavy (non-hydrogen) atoms. The first kappa shape index (κ1) is 12.0. The van der Waals surface area contributed by atoms with Crippen LogP contribution in [-0.2, 0) is 13.1 Å². The summed E-state index contributed by atoms with van der Waals surface area (Å²) in [6.07, 6.45) is 1.29. The topological polar surface area (TPSA) is 25.2 Å². The number of aryl methyl sites for hydroxylation is 1. The van der Waals surface area contributed by atoms with Crippen molar-refractivity contribution in [2.24, 2.45) is 5.92 Å². The molecule has 0 radical (unpaired) electrons. The lowest BCUT2D eigenvalue weighted by atomic mass is 10.3. The minimum Gasteiger partial charge on any atom is -0.464 e. The van der Waals surface area contributed by atoms with Crippen molar-refractivity contribution in [2.45, 2.75) is 39.3 Å². The molecule has 0 bridgehead atoms. The van der Waals surface area contributed by atoms with E-state index < -0.39 is 0 Å². The maximum Gasteiger partial charge on any atom is 0.117 e. The third kappa shape index (κ3) is 2.68. The second kappa shape index (κ2) is 4.90. The van der Waals surface area contributed by atoms with Gasteiger partial charge in [0.05, 0.1) is 6.54 Å². The number of hydrogen-bond acceptors (Lipinski definition) is 3. The molecule has 1 aliphatic rings. The van der Waals surface area contributed by atoms with Crippen LogP contribution in [0.15, 0.2) is 28.7 Å². The van der Waals surface area contributed by atoms with Crippen molar-refractivity contribution >= 4 is 11.3 Å². The van der Waals surface area contributed by atoms with E-state index in [1.54, 1.807) is 0 Å². The normalized spacial score (nSPS) is 22.3. The van der Waals surface area contributed by atoms with Gasteiger partial charge >= 0.3 is 0 Å². The zero-order chi connectivity index (χ0) is 12.5. The first-order valence-corrected chi connectivity index (χ1v) is 7.38. The molecule has 1 N–H and O–H groups in total. The molecule has 0 spiro atoms. The zero-order valence-corrected chi connectivity index (χ0v) is 11.7. The molecule has 0 aliphatic heterocycles. The van der Waals surface area contributed by atoms with E-state index in [2.05, 4.69) is 43.4 Å². The van der Waals surface area contributed by atoms with Gasteiger partial charge in [-0.25, -0.2) is 0 Å². The predicted molar refractivity (Wildman–Crippen MR) is 74.8 cm³/mol. The van der Waals surface area contributed by atoms with Gasteiger partial charge in [-0.05, 0) is 43.5 Å². The summed E-state index contributed by atoms with van der Waals surface area (Å²) in [7, 11) is 0. The molecule has 0 saturated heterocycles. The highest BCUT2D eigenvalue weighted by molar-refractivity contribution is 7.11. The molecule has 3 rings (SSSR count). The van der Waals surface area contributed by atoms with Crippen molar-refractivity contribution in [2.75, 3.05) is 0 Å². The molecule has 1 fully saturated rings. The largest absolute Gasteiger partial charge is 0.464 e. The first-order chi connectivity index (χ1) is 8.72. The van der Waals surface area contributed by atoms with Crippen molar-refractivity contribution in [3.05, 3.63) is 45.5 Å². The molecule has 2 aromatic heterocycles. The highest BCUT2D eigenvalue weighted by Crippen LogP contribution is 2.47. The fraction of sp³-hybridized carbons (Fsp3) is 0.467. The molecular formula is C15H19NOS. The van der Waals surface area contributed by atoms with Crippen molar-refractivity contribution in [1.29, 1.82) is 0 Å². The van der Waals surface area contributed by atoms with Gasteiger partial charge < -0.3 is 9.73 Å². The number of furan rings is 1. The Morgan fingerprint density at radius 1 is 1.28 bits per heavy atom. The molecule has 2 unspecified atom stereocenters. The second-order valence-corrected chi connectivity index (χ2v) is 6.61. The van der Waals surface area contributed by atoms with E-state index in [0.29, 0.717) is 5.92 Å². The quantitative estimate of drug-likeness (QED) is 0.878. The summed E-state index contributed by atoms with van der Waals surface area (Å²) in [5.41, 5.74) is 0. The first-order valence-electron chi connectivity index (χ1n) is 6.57. The molecule has 2 nitrogen and oxygen atoms in total. The van der Waals surface area contributed by atoms with Crippen LogP contribution in [0.1, 0.15) is 40.5 Å². The molecule has 3 heteroatoms. The molecule has 2 atom stereocenters. The van der Waals surface area contributed by atoms with Crippen LogP contribution >= 0.6 is 11.3 Å². The third-order valence-corrected chi connectivity index (χ3v) is 4.55. The van der Waals surface area contributed by atoms with Crippen molar-refractivity contribution in [3.63, 3.8) is 0 Å². The summed E-state index contributed by atoms with van der Waals surface area (Å²) in [6.45, 7) is 6.17. The Hall–Kier alpha value is -1.06. The van der Waals surface area contributed by atoms with E-state index in [-0.39, 0.29) is 0 Å². The number of hydrogen-bond donors (Lipinski definition) is 1. The van der Waals surface area contributed by atoms with E-state index in [1.165, 1.54) is 21.9 Å². The second-order valence-electron chi connectivity index (χ2n) is 5.24. The van der Waals surface area contributed by atoms with Gasteiger partial charge in [-0.3, -0.25) is 0 Å². The predicted octanol–water partition coefficient (Wildman–Crippen LogP) is 4.06.